The van der Waals surface area contributed by atoms with E-state index in [4.69, 9.17) is 5.14 Å². The quantitative estimate of drug-likeness (QED) is 0.763. The summed E-state index contributed by atoms with van der Waals surface area (Å²) >= 11 is 0. The van der Waals surface area contributed by atoms with E-state index < -0.39 is 10.0 Å². The molecule has 2 heterocycles. The van der Waals surface area contributed by atoms with Gasteiger partial charge in [-0.3, -0.25) is 0 Å². The van der Waals surface area contributed by atoms with Gasteiger partial charge in [0.1, 0.15) is 0 Å². The molecule has 0 saturated heterocycles. The number of sulfonamides is 1. The van der Waals surface area contributed by atoms with Crippen LogP contribution in [-0.2, 0) is 10.0 Å². The Labute approximate surface area is 161 Å². The Morgan fingerprint density at radius 3 is 2.78 bits per heavy atom. The van der Waals surface area contributed by atoms with E-state index >= 15 is 0 Å². The molecule has 0 amide bonds. The number of hydrogen-bond donors (Lipinski definition) is 2. The van der Waals surface area contributed by atoms with Gasteiger partial charge in [0.25, 0.3) is 0 Å². The van der Waals surface area contributed by atoms with Crippen LogP contribution in [0.25, 0.3) is 11.3 Å². The van der Waals surface area contributed by atoms with Crippen LogP contribution in [0.15, 0.2) is 36.8 Å². The second-order valence-corrected chi connectivity index (χ2v) is 9.58. The number of nitrogens with two attached hydrogens (primary N) is 1. The highest BCUT2D eigenvalue weighted by Gasteiger charge is 2.33. The van der Waals surface area contributed by atoms with Crippen LogP contribution in [0.2, 0.25) is 0 Å². The summed E-state index contributed by atoms with van der Waals surface area (Å²) in [6.45, 7) is 0.408. The third kappa shape index (κ3) is 4.10. The van der Waals surface area contributed by atoms with Gasteiger partial charge in [-0.1, -0.05) is 43.5 Å². The number of rotatable bonds is 7. The van der Waals surface area contributed by atoms with Crippen molar-refractivity contribution < 1.29 is 8.42 Å². The molecule has 1 aliphatic heterocycles. The van der Waals surface area contributed by atoms with Crippen LogP contribution in [-0.4, -0.2) is 36.3 Å². The van der Waals surface area contributed by atoms with Crippen molar-refractivity contribution in [2.75, 3.05) is 12.3 Å². The van der Waals surface area contributed by atoms with Gasteiger partial charge in [-0.05, 0) is 30.7 Å². The molecule has 1 aromatic carbocycles. The normalized spacial score (nSPS) is 21.0. The lowest BCUT2D eigenvalue weighted by atomic mass is 9.80. The van der Waals surface area contributed by atoms with E-state index in [-0.39, 0.29) is 17.8 Å². The van der Waals surface area contributed by atoms with Crippen LogP contribution >= 0.6 is 0 Å². The molecule has 0 bridgehead atoms. The molecule has 146 valence electrons. The van der Waals surface area contributed by atoms with Gasteiger partial charge < -0.3 is 9.88 Å². The molecule has 1 aromatic heterocycles. The summed E-state index contributed by atoms with van der Waals surface area (Å²) in [4.78, 5) is 4.35. The van der Waals surface area contributed by atoms with Crippen molar-refractivity contribution in [3.05, 3.63) is 42.4 Å². The molecule has 1 aliphatic carbocycles. The van der Waals surface area contributed by atoms with E-state index in [9.17, 15) is 8.42 Å². The number of hydrogen-bond acceptors (Lipinski definition) is 4. The Hall–Kier alpha value is -1.70. The average Bonchev–Trinajstić information content (AvgIpc) is 3.23. The smallest absolute Gasteiger partial charge is 0.210 e. The van der Waals surface area contributed by atoms with E-state index in [2.05, 4.69) is 39.1 Å². The molecule has 1 fully saturated rings. The Morgan fingerprint density at radius 2 is 2.00 bits per heavy atom. The maximum absolute atomic E-state index is 11.4. The Kier molecular flexibility index (Phi) is 5.34. The number of imidazole rings is 1. The minimum absolute atomic E-state index is 0.0200. The number of benzene rings is 1. The Bertz CT molecular complexity index is 887. The summed E-state index contributed by atoms with van der Waals surface area (Å²) in [5.41, 5.74) is 3.76. The van der Waals surface area contributed by atoms with Gasteiger partial charge in [-0.15, -0.1) is 0 Å². The third-order valence-corrected chi connectivity index (χ3v) is 6.86. The van der Waals surface area contributed by atoms with Crippen LogP contribution in [0.5, 0.6) is 0 Å². The highest BCUT2D eigenvalue weighted by molar-refractivity contribution is 7.89. The zero-order chi connectivity index (χ0) is 18.9. The molecule has 7 heteroatoms. The first kappa shape index (κ1) is 18.7. The summed E-state index contributed by atoms with van der Waals surface area (Å²) in [6.07, 6.45) is 11.0. The van der Waals surface area contributed by atoms with Crippen LogP contribution in [0.4, 0.5) is 0 Å². The molecule has 2 atom stereocenters. The van der Waals surface area contributed by atoms with Gasteiger partial charge in [0.05, 0.1) is 30.0 Å². The lowest BCUT2D eigenvalue weighted by Gasteiger charge is -2.33. The molecule has 1 saturated carbocycles. The fourth-order valence-corrected chi connectivity index (χ4v) is 5.18. The fraction of sp³-hybridized carbons (Fsp3) is 0.550. The topological polar surface area (TPSA) is 90.0 Å². The average molecular weight is 389 g/mol. The van der Waals surface area contributed by atoms with E-state index in [1.807, 2.05) is 12.5 Å². The number of nitrogens with one attached hydrogen (secondary N) is 1. The number of aromatic nitrogens is 2. The molecule has 4 rings (SSSR count). The first-order chi connectivity index (χ1) is 13.0. The number of fused-ring (bicyclic) bond motifs is 3. The summed E-state index contributed by atoms with van der Waals surface area (Å²) in [6, 6.07) is 9.05. The van der Waals surface area contributed by atoms with Crippen molar-refractivity contribution in [1.29, 1.82) is 0 Å². The monoisotopic (exact) mass is 388 g/mol. The molecule has 27 heavy (non-hydrogen) atoms. The molecule has 3 N–H and O–H groups in total. The van der Waals surface area contributed by atoms with Gasteiger partial charge in [0.15, 0.2) is 0 Å². The zero-order valence-corrected chi connectivity index (χ0v) is 16.4. The molecular weight excluding hydrogens is 360 g/mol. The van der Waals surface area contributed by atoms with Crippen molar-refractivity contribution in [3.8, 4) is 11.3 Å². The van der Waals surface area contributed by atoms with Crippen molar-refractivity contribution in [1.82, 2.24) is 14.9 Å². The molecule has 2 aliphatic rings. The SMILES string of the molecule is NS(=O)(=O)CCNC(CC1c2ccccc2-c2cncn21)C1CCCCC1. The van der Waals surface area contributed by atoms with Crippen molar-refractivity contribution in [3.63, 3.8) is 0 Å². The van der Waals surface area contributed by atoms with Gasteiger partial charge in [-0.2, -0.15) is 0 Å². The summed E-state index contributed by atoms with van der Waals surface area (Å²) in [5.74, 6) is 0.562. The molecular formula is C20H28N4O2S. The zero-order valence-electron chi connectivity index (χ0n) is 15.5. The van der Waals surface area contributed by atoms with E-state index in [0.717, 1.165) is 6.42 Å². The number of primary sulfonamides is 1. The van der Waals surface area contributed by atoms with E-state index in [1.54, 1.807) is 0 Å². The van der Waals surface area contributed by atoms with Crippen molar-refractivity contribution >= 4 is 10.0 Å². The van der Waals surface area contributed by atoms with Crippen LogP contribution < -0.4 is 10.5 Å². The van der Waals surface area contributed by atoms with Crippen LogP contribution in [0.3, 0.4) is 0 Å². The molecule has 0 radical (unpaired) electrons. The molecule has 0 spiro atoms. The summed E-state index contributed by atoms with van der Waals surface area (Å²) < 4.78 is 25.0. The Morgan fingerprint density at radius 1 is 1.22 bits per heavy atom. The lowest BCUT2D eigenvalue weighted by Crippen LogP contribution is -2.41. The van der Waals surface area contributed by atoms with Crippen molar-refractivity contribution in [2.45, 2.75) is 50.6 Å². The van der Waals surface area contributed by atoms with Gasteiger partial charge in [-0.25, -0.2) is 18.5 Å². The summed E-state index contributed by atoms with van der Waals surface area (Å²) in [5, 5.41) is 8.73. The first-order valence-corrected chi connectivity index (χ1v) is 11.6. The van der Waals surface area contributed by atoms with E-state index in [1.165, 1.54) is 48.9 Å². The van der Waals surface area contributed by atoms with Gasteiger partial charge in [0.2, 0.25) is 10.0 Å². The Balaban J connectivity index is 1.55. The molecule has 2 aromatic rings. The predicted octanol–water partition coefficient (Wildman–Crippen LogP) is 2.67. The van der Waals surface area contributed by atoms with Crippen molar-refractivity contribution in [2.24, 2.45) is 11.1 Å². The van der Waals surface area contributed by atoms with Crippen LogP contribution in [0.1, 0.15) is 50.1 Å². The fourth-order valence-electron chi connectivity index (χ4n) is 4.78. The maximum Gasteiger partial charge on any atom is 0.210 e. The maximum atomic E-state index is 11.4. The summed E-state index contributed by atoms with van der Waals surface area (Å²) in [7, 11) is -3.44. The highest BCUT2D eigenvalue weighted by atomic mass is 32.2. The number of nitrogens with zero attached hydrogens (tertiary/aromatic N) is 2. The van der Waals surface area contributed by atoms with Gasteiger partial charge >= 0.3 is 0 Å². The minimum atomic E-state index is -3.44. The third-order valence-electron chi connectivity index (χ3n) is 6.09. The first-order valence-electron chi connectivity index (χ1n) is 9.88. The standard InChI is InChI=1S/C20H28N4O2S/c21-27(25,26)11-10-23-18(15-6-2-1-3-7-15)12-19-16-8-4-5-9-17(16)20-13-22-14-24(19)20/h4-5,8-9,13-15,18-19,23H,1-3,6-7,10-12H2,(H2,21,25,26). The molecule has 2 unspecified atom stereocenters. The second kappa shape index (κ2) is 7.73. The minimum Gasteiger partial charge on any atom is -0.323 e. The molecule has 6 nitrogen and oxygen atoms in total. The predicted molar refractivity (Wildman–Crippen MR) is 107 cm³/mol. The largest absolute Gasteiger partial charge is 0.323 e. The highest BCUT2D eigenvalue weighted by Crippen LogP contribution is 2.42. The lowest BCUT2D eigenvalue weighted by molar-refractivity contribution is 0.246. The second-order valence-electron chi connectivity index (χ2n) is 7.85. The van der Waals surface area contributed by atoms with Crippen LogP contribution in [0, 0.1) is 5.92 Å². The van der Waals surface area contributed by atoms with Gasteiger partial charge in [0, 0.05) is 18.2 Å². The van der Waals surface area contributed by atoms with E-state index in [0.29, 0.717) is 12.5 Å².